The average Bonchev–Trinajstić information content (AvgIpc) is 2.58. The maximum atomic E-state index is 12.9. The Kier molecular flexibility index (Phi) is 6.68. The largest absolute Gasteiger partial charge is 0.477 e. The van der Waals surface area contributed by atoms with Gasteiger partial charge in [0.1, 0.15) is 11.3 Å². The van der Waals surface area contributed by atoms with Crippen molar-refractivity contribution in [3.05, 3.63) is 69.1 Å². The van der Waals surface area contributed by atoms with Crippen LogP contribution in [0.5, 0.6) is 0 Å². The zero-order valence-corrected chi connectivity index (χ0v) is 13.0. The highest BCUT2D eigenvalue weighted by atomic mass is 19.2. The fourth-order valence-electron chi connectivity index (χ4n) is 1.66. The van der Waals surface area contributed by atoms with Gasteiger partial charge in [-0.15, -0.1) is 0 Å². The minimum absolute atomic E-state index is 0.0694. The molecule has 0 bridgehead atoms. The zero-order valence-electron chi connectivity index (χ0n) is 13.0. The molecule has 2 rings (SSSR count). The third-order valence-corrected chi connectivity index (χ3v) is 2.92. The van der Waals surface area contributed by atoms with Gasteiger partial charge in [-0.05, 0) is 36.7 Å². The smallest absolute Gasteiger partial charge is 0.341 e. The molecule has 3 N–H and O–H groups in total. The molecule has 0 fully saturated rings. The molecule has 2 aromatic rings. The summed E-state index contributed by atoms with van der Waals surface area (Å²) in [6.07, 6.45) is 0. The maximum absolute atomic E-state index is 12.9. The van der Waals surface area contributed by atoms with Crippen molar-refractivity contribution in [2.45, 2.75) is 6.92 Å². The number of halogens is 4. The van der Waals surface area contributed by atoms with Crippen LogP contribution in [0.2, 0.25) is 0 Å². The number of anilines is 1. The number of aromatic carboxylic acids is 1. The summed E-state index contributed by atoms with van der Waals surface area (Å²) in [5.74, 6) is -10.5. The summed E-state index contributed by atoms with van der Waals surface area (Å²) >= 11 is 0. The summed E-state index contributed by atoms with van der Waals surface area (Å²) in [6.45, 7) is 1.53. The standard InChI is InChI=1S/C8H9NO.C7HF4N3O2/c1-6(10)7-2-4-8(9)5-3-7;8-2-1(7(15)16)3(9)5(11)6(4(2)10)13-14-12/h2-5H,9H2,1H3;(H,15,16). The second-order valence-corrected chi connectivity index (χ2v) is 4.65. The molecule has 26 heavy (non-hydrogen) atoms. The Balaban J connectivity index is 0.000000289. The molecule has 136 valence electrons. The summed E-state index contributed by atoms with van der Waals surface area (Å²) in [5, 5.41) is 10.7. The predicted molar refractivity (Wildman–Crippen MR) is 82.9 cm³/mol. The summed E-state index contributed by atoms with van der Waals surface area (Å²) in [7, 11) is 0. The number of carboxylic acids is 1. The van der Waals surface area contributed by atoms with E-state index in [2.05, 4.69) is 5.11 Å². The Morgan fingerprint density at radius 1 is 1.04 bits per heavy atom. The van der Waals surface area contributed by atoms with Crippen LogP contribution >= 0.6 is 0 Å². The van der Waals surface area contributed by atoms with Gasteiger partial charge in [0.15, 0.2) is 29.1 Å². The molecule has 0 aliphatic heterocycles. The van der Waals surface area contributed by atoms with E-state index < -0.39 is 40.5 Å². The molecule has 11 heteroatoms. The van der Waals surface area contributed by atoms with E-state index in [1.54, 1.807) is 24.3 Å². The zero-order chi connectivity index (χ0) is 20.0. The summed E-state index contributed by atoms with van der Waals surface area (Å²) in [5.41, 5.74) is 11.4. The number of hydrogen-bond donors (Lipinski definition) is 2. The average molecular weight is 370 g/mol. The molecule has 0 aliphatic carbocycles. The fraction of sp³-hybridized carbons (Fsp3) is 0.0667. The van der Waals surface area contributed by atoms with Crippen LogP contribution in [0.1, 0.15) is 27.6 Å². The van der Waals surface area contributed by atoms with Crippen LogP contribution in [0.25, 0.3) is 10.4 Å². The van der Waals surface area contributed by atoms with Crippen molar-refractivity contribution in [3.8, 4) is 0 Å². The number of azide groups is 1. The lowest BCUT2D eigenvalue weighted by Gasteiger charge is -2.05. The third kappa shape index (κ3) is 4.48. The SMILES string of the molecule is CC(=O)c1ccc(N)cc1.[N-]=[N+]=Nc1c(F)c(F)c(C(=O)O)c(F)c1F. The van der Waals surface area contributed by atoms with Crippen LogP contribution in [0, 0.1) is 23.3 Å². The van der Waals surface area contributed by atoms with Crippen LogP contribution in [-0.2, 0) is 0 Å². The van der Waals surface area contributed by atoms with Gasteiger partial charge in [0.05, 0.1) is 0 Å². The molecule has 7 nitrogen and oxygen atoms in total. The van der Waals surface area contributed by atoms with Crippen LogP contribution in [0.15, 0.2) is 29.4 Å². The number of nitrogen functional groups attached to an aromatic ring is 1. The predicted octanol–water partition coefficient (Wildman–Crippen LogP) is 4.35. The first-order valence-electron chi connectivity index (χ1n) is 6.62. The van der Waals surface area contributed by atoms with E-state index in [0.717, 1.165) is 0 Å². The summed E-state index contributed by atoms with van der Waals surface area (Å²) in [6, 6.07) is 6.88. The third-order valence-electron chi connectivity index (χ3n) is 2.92. The van der Waals surface area contributed by atoms with Gasteiger partial charge < -0.3 is 10.8 Å². The Morgan fingerprint density at radius 2 is 1.50 bits per heavy atom. The molecule has 0 atom stereocenters. The molecule has 0 aromatic heterocycles. The van der Waals surface area contributed by atoms with Gasteiger partial charge in [0, 0.05) is 16.2 Å². The summed E-state index contributed by atoms with van der Waals surface area (Å²) < 4.78 is 51.7. The monoisotopic (exact) mass is 370 g/mol. The Labute approximate surface area is 143 Å². The number of Topliss-reactive ketones (excluding diaryl/α,β-unsaturated/α-hetero) is 1. The molecule has 0 heterocycles. The number of benzene rings is 2. The molecular formula is C15H10F4N4O3. The topological polar surface area (TPSA) is 129 Å². The van der Waals surface area contributed by atoms with Gasteiger partial charge in [-0.2, -0.15) is 0 Å². The molecule has 2 aromatic carbocycles. The van der Waals surface area contributed by atoms with E-state index in [0.29, 0.717) is 11.3 Å². The van der Waals surface area contributed by atoms with E-state index in [-0.39, 0.29) is 5.78 Å². The highest BCUT2D eigenvalue weighted by Crippen LogP contribution is 2.30. The lowest BCUT2D eigenvalue weighted by Crippen LogP contribution is -2.09. The first-order chi connectivity index (χ1) is 12.1. The molecule has 0 radical (unpaired) electrons. The summed E-state index contributed by atoms with van der Waals surface area (Å²) in [4.78, 5) is 23.0. The normalized spacial score (nSPS) is 9.58. The first-order valence-corrected chi connectivity index (χ1v) is 6.62. The van der Waals surface area contributed by atoms with E-state index in [1.807, 2.05) is 4.91 Å². The second-order valence-electron chi connectivity index (χ2n) is 4.65. The number of ketones is 1. The molecule has 0 unspecified atom stereocenters. The maximum Gasteiger partial charge on any atom is 0.341 e. The molecular weight excluding hydrogens is 360 g/mol. The number of hydrogen-bond acceptors (Lipinski definition) is 4. The van der Waals surface area contributed by atoms with Crippen LogP contribution in [0.3, 0.4) is 0 Å². The van der Waals surface area contributed by atoms with Crippen LogP contribution < -0.4 is 5.73 Å². The second kappa shape index (κ2) is 8.49. The van der Waals surface area contributed by atoms with Crippen molar-refractivity contribution in [2.24, 2.45) is 5.11 Å². The number of nitrogens with two attached hydrogens (primary N) is 1. The van der Waals surface area contributed by atoms with E-state index in [1.165, 1.54) is 6.92 Å². The van der Waals surface area contributed by atoms with Crippen molar-refractivity contribution in [3.63, 3.8) is 0 Å². The molecule has 0 amide bonds. The first kappa shape index (κ1) is 20.5. The van der Waals surface area contributed by atoms with Crippen molar-refractivity contribution < 1.29 is 32.3 Å². The van der Waals surface area contributed by atoms with E-state index >= 15 is 0 Å². The van der Waals surface area contributed by atoms with Gasteiger partial charge in [-0.1, -0.05) is 5.11 Å². The lowest BCUT2D eigenvalue weighted by atomic mass is 10.1. The number of carboxylic acid groups (broad SMARTS) is 1. The van der Waals surface area contributed by atoms with Gasteiger partial charge in [0.2, 0.25) is 0 Å². The lowest BCUT2D eigenvalue weighted by molar-refractivity contribution is 0.0683. The van der Waals surface area contributed by atoms with Gasteiger partial charge >= 0.3 is 5.97 Å². The number of nitrogens with zero attached hydrogens (tertiary/aromatic N) is 3. The Morgan fingerprint density at radius 3 is 1.85 bits per heavy atom. The van der Waals surface area contributed by atoms with Crippen molar-refractivity contribution in [1.29, 1.82) is 0 Å². The van der Waals surface area contributed by atoms with Crippen molar-refractivity contribution in [2.75, 3.05) is 5.73 Å². The van der Waals surface area contributed by atoms with Crippen LogP contribution in [-0.4, -0.2) is 16.9 Å². The minimum Gasteiger partial charge on any atom is -0.477 e. The molecule has 0 spiro atoms. The number of carbonyl (C=O) groups excluding carboxylic acids is 1. The van der Waals surface area contributed by atoms with Gasteiger partial charge in [-0.3, -0.25) is 4.79 Å². The Hall–Kier alpha value is -3.59. The van der Waals surface area contributed by atoms with E-state index in [9.17, 15) is 27.2 Å². The van der Waals surface area contributed by atoms with Gasteiger partial charge in [0.25, 0.3) is 0 Å². The fourth-order valence-corrected chi connectivity index (χ4v) is 1.66. The van der Waals surface area contributed by atoms with E-state index in [4.69, 9.17) is 16.4 Å². The van der Waals surface area contributed by atoms with Gasteiger partial charge in [-0.25, -0.2) is 22.4 Å². The minimum atomic E-state index is -2.18. The van der Waals surface area contributed by atoms with Crippen molar-refractivity contribution >= 4 is 23.1 Å². The number of rotatable bonds is 3. The van der Waals surface area contributed by atoms with Crippen LogP contribution in [0.4, 0.5) is 28.9 Å². The Bertz CT molecular complexity index is 848. The highest BCUT2D eigenvalue weighted by Gasteiger charge is 2.28. The van der Waals surface area contributed by atoms with Crippen molar-refractivity contribution in [1.82, 2.24) is 0 Å². The molecule has 0 saturated heterocycles. The quantitative estimate of drug-likeness (QED) is 0.158. The molecule has 0 aliphatic rings. The number of carbonyl (C=O) groups is 2. The highest BCUT2D eigenvalue weighted by molar-refractivity contribution is 5.94. The molecule has 0 saturated carbocycles.